The van der Waals surface area contributed by atoms with E-state index in [4.69, 9.17) is 5.73 Å². The van der Waals surface area contributed by atoms with Crippen LogP contribution in [0.2, 0.25) is 0 Å². The van der Waals surface area contributed by atoms with Gasteiger partial charge < -0.3 is 16.0 Å². The molecule has 0 bridgehead atoms. The van der Waals surface area contributed by atoms with Crippen molar-refractivity contribution in [1.82, 2.24) is 15.1 Å². The highest BCUT2D eigenvalue weighted by Gasteiger charge is 2.10. The van der Waals surface area contributed by atoms with Crippen LogP contribution < -0.4 is 11.1 Å². The van der Waals surface area contributed by atoms with Crippen LogP contribution >= 0.6 is 0 Å². The Kier molecular flexibility index (Phi) is 5.51. The van der Waals surface area contributed by atoms with Gasteiger partial charge in [-0.2, -0.15) is 0 Å². The van der Waals surface area contributed by atoms with Gasteiger partial charge in [-0.3, -0.25) is 4.79 Å². The van der Waals surface area contributed by atoms with Crippen LogP contribution in [0.25, 0.3) is 0 Å². The van der Waals surface area contributed by atoms with E-state index in [1.165, 1.54) is 4.90 Å². The zero-order chi connectivity index (χ0) is 13.5. The molecule has 0 radical (unpaired) electrons. The summed E-state index contributed by atoms with van der Waals surface area (Å²) in [7, 11) is 3.37. The van der Waals surface area contributed by atoms with Gasteiger partial charge in [-0.15, -0.1) is 10.2 Å². The predicted octanol–water partition coefficient (Wildman–Crippen LogP) is 0.575. The summed E-state index contributed by atoms with van der Waals surface area (Å²) in [5, 5.41) is 11.0. The second kappa shape index (κ2) is 6.90. The molecular weight excluding hydrogens is 230 g/mol. The zero-order valence-electron chi connectivity index (χ0n) is 11.2. The normalized spacial score (nSPS) is 12.0. The summed E-state index contributed by atoms with van der Waals surface area (Å²) in [6.07, 6.45) is 0.970. The molecule has 1 atom stereocenters. The number of amides is 1. The zero-order valence-corrected chi connectivity index (χ0v) is 11.2. The number of hydrogen-bond acceptors (Lipinski definition) is 5. The van der Waals surface area contributed by atoms with E-state index in [0.29, 0.717) is 24.0 Å². The Morgan fingerprint density at radius 1 is 1.44 bits per heavy atom. The van der Waals surface area contributed by atoms with E-state index in [-0.39, 0.29) is 5.91 Å². The van der Waals surface area contributed by atoms with Gasteiger partial charge in [0.15, 0.2) is 5.69 Å². The average Bonchev–Trinajstić information content (AvgIpc) is 2.36. The van der Waals surface area contributed by atoms with Crippen LogP contribution in [0.5, 0.6) is 0 Å². The topological polar surface area (TPSA) is 84.1 Å². The third-order valence-electron chi connectivity index (χ3n) is 2.58. The molecule has 100 valence electrons. The fourth-order valence-corrected chi connectivity index (χ4v) is 1.44. The number of nitrogens with zero attached hydrogens (tertiary/aromatic N) is 3. The lowest BCUT2D eigenvalue weighted by atomic mass is 10.1. The highest BCUT2D eigenvalue weighted by molar-refractivity contribution is 5.91. The summed E-state index contributed by atoms with van der Waals surface area (Å²) in [6.45, 7) is 3.61. The second-order valence-electron chi connectivity index (χ2n) is 4.57. The van der Waals surface area contributed by atoms with Crippen molar-refractivity contribution in [3.8, 4) is 0 Å². The van der Waals surface area contributed by atoms with Crippen LogP contribution in [0.1, 0.15) is 23.8 Å². The van der Waals surface area contributed by atoms with Crippen molar-refractivity contribution >= 4 is 11.7 Å². The van der Waals surface area contributed by atoms with Gasteiger partial charge >= 0.3 is 0 Å². The third-order valence-corrected chi connectivity index (χ3v) is 2.58. The molecule has 6 heteroatoms. The summed E-state index contributed by atoms with van der Waals surface area (Å²) >= 11 is 0. The maximum Gasteiger partial charge on any atom is 0.273 e. The van der Waals surface area contributed by atoms with Gasteiger partial charge in [-0.05, 0) is 31.0 Å². The average molecular weight is 251 g/mol. The van der Waals surface area contributed by atoms with Crippen LogP contribution in [0.4, 0.5) is 5.82 Å². The predicted molar refractivity (Wildman–Crippen MR) is 71.4 cm³/mol. The Morgan fingerprint density at radius 3 is 2.67 bits per heavy atom. The van der Waals surface area contributed by atoms with Gasteiger partial charge in [0.25, 0.3) is 5.91 Å². The molecule has 6 nitrogen and oxygen atoms in total. The first-order valence-corrected chi connectivity index (χ1v) is 6.04. The lowest BCUT2D eigenvalue weighted by Gasteiger charge is -2.12. The first-order chi connectivity index (χ1) is 8.54. The summed E-state index contributed by atoms with van der Waals surface area (Å²) in [5.41, 5.74) is 5.83. The number of carbonyl (C=O) groups excluding carboxylic acids is 1. The molecular formula is C12H21N5O. The van der Waals surface area contributed by atoms with E-state index in [2.05, 4.69) is 22.4 Å². The molecule has 1 rings (SSSR count). The Bertz CT molecular complexity index is 377. The first kappa shape index (κ1) is 14.4. The molecule has 0 aromatic carbocycles. The molecule has 1 amide bonds. The molecule has 0 aliphatic carbocycles. The van der Waals surface area contributed by atoms with Crippen LogP contribution in [0.15, 0.2) is 12.1 Å². The van der Waals surface area contributed by atoms with Crippen molar-refractivity contribution < 1.29 is 4.79 Å². The fraction of sp³-hybridized carbons (Fsp3) is 0.583. The minimum atomic E-state index is -0.148. The van der Waals surface area contributed by atoms with Gasteiger partial charge in [0.1, 0.15) is 5.82 Å². The van der Waals surface area contributed by atoms with E-state index in [1.807, 2.05) is 0 Å². The number of aromatic nitrogens is 2. The van der Waals surface area contributed by atoms with Crippen molar-refractivity contribution in [2.24, 2.45) is 11.7 Å². The van der Waals surface area contributed by atoms with Crippen molar-refractivity contribution in [3.05, 3.63) is 17.8 Å². The monoisotopic (exact) mass is 251 g/mol. The number of nitrogens with one attached hydrogen (secondary N) is 1. The van der Waals surface area contributed by atoms with Crippen LogP contribution in [0, 0.1) is 5.92 Å². The largest absolute Gasteiger partial charge is 0.368 e. The minimum Gasteiger partial charge on any atom is -0.368 e. The Labute approximate surface area is 108 Å². The van der Waals surface area contributed by atoms with E-state index < -0.39 is 0 Å². The maximum atomic E-state index is 11.6. The molecule has 3 N–H and O–H groups in total. The number of carbonyl (C=O) groups is 1. The van der Waals surface area contributed by atoms with Crippen molar-refractivity contribution in [2.45, 2.75) is 13.3 Å². The Hall–Kier alpha value is -1.69. The van der Waals surface area contributed by atoms with Gasteiger partial charge in [0.2, 0.25) is 0 Å². The number of nitrogens with two attached hydrogens (primary N) is 1. The molecule has 0 saturated carbocycles. The summed E-state index contributed by atoms with van der Waals surface area (Å²) in [6, 6.07) is 3.43. The maximum absolute atomic E-state index is 11.6. The molecule has 0 saturated heterocycles. The molecule has 1 heterocycles. The van der Waals surface area contributed by atoms with Gasteiger partial charge in [0.05, 0.1) is 0 Å². The first-order valence-electron chi connectivity index (χ1n) is 6.04. The molecule has 18 heavy (non-hydrogen) atoms. The van der Waals surface area contributed by atoms with Crippen molar-refractivity contribution in [2.75, 3.05) is 32.5 Å². The quantitative estimate of drug-likeness (QED) is 0.772. The molecule has 0 aliphatic rings. The standard InChI is InChI=1S/C12H21N5O/c1-9(6-7-13)8-14-11-5-4-10(15-16-11)12(18)17(2)3/h4-5,9H,6-8,13H2,1-3H3,(H,14,16). The van der Waals surface area contributed by atoms with Gasteiger partial charge in [0, 0.05) is 20.6 Å². The Morgan fingerprint density at radius 2 is 2.17 bits per heavy atom. The summed E-state index contributed by atoms with van der Waals surface area (Å²) in [5.74, 6) is 1.01. The molecule has 1 aromatic heterocycles. The SMILES string of the molecule is CC(CCN)CNc1ccc(C(=O)N(C)C)nn1. The highest BCUT2D eigenvalue weighted by Crippen LogP contribution is 2.06. The molecule has 0 spiro atoms. The third kappa shape index (κ3) is 4.29. The van der Waals surface area contributed by atoms with Crippen molar-refractivity contribution in [3.63, 3.8) is 0 Å². The van der Waals surface area contributed by atoms with Crippen LogP contribution in [-0.4, -0.2) is 48.2 Å². The summed E-state index contributed by atoms with van der Waals surface area (Å²) in [4.78, 5) is 13.1. The lowest BCUT2D eigenvalue weighted by molar-refractivity contribution is 0.0821. The van der Waals surface area contributed by atoms with Crippen LogP contribution in [-0.2, 0) is 0 Å². The van der Waals surface area contributed by atoms with Gasteiger partial charge in [-0.1, -0.05) is 6.92 Å². The lowest BCUT2D eigenvalue weighted by Crippen LogP contribution is -2.23. The van der Waals surface area contributed by atoms with Crippen LogP contribution in [0.3, 0.4) is 0 Å². The fourth-order valence-electron chi connectivity index (χ4n) is 1.44. The van der Waals surface area contributed by atoms with Crippen molar-refractivity contribution in [1.29, 1.82) is 0 Å². The molecule has 0 fully saturated rings. The second-order valence-corrected chi connectivity index (χ2v) is 4.57. The minimum absolute atomic E-state index is 0.148. The number of hydrogen-bond donors (Lipinski definition) is 2. The van der Waals surface area contributed by atoms with Gasteiger partial charge in [-0.25, -0.2) is 0 Å². The smallest absolute Gasteiger partial charge is 0.273 e. The Balaban J connectivity index is 2.53. The number of anilines is 1. The molecule has 1 aromatic rings. The van der Waals surface area contributed by atoms with E-state index in [1.54, 1.807) is 26.2 Å². The molecule has 1 unspecified atom stereocenters. The summed E-state index contributed by atoms with van der Waals surface area (Å²) < 4.78 is 0. The van der Waals surface area contributed by atoms with E-state index in [0.717, 1.165) is 13.0 Å². The molecule has 0 aliphatic heterocycles. The highest BCUT2D eigenvalue weighted by atomic mass is 16.2. The van der Waals surface area contributed by atoms with E-state index >= 15 is 0 Å². The number of rotatable bonds is 6. The van der Waals surface area contributed by atoms with E-state index in [9.17, 15) is 4.79 Å².